The van der Waals surface area contributed by atoms with E-state index in [0.29, 0.717) is 17.7 Å². The molecule has 0 aliphatic rings. The molecule has 1 N–H and O–H groups in total. The van der Waals surface area contributed by atoms with Gasteiger partial charge in [0.15, 0.2) is 0 Å². The van der Waals surface area contributed by atoms with Gasteiger partial charge in [0, 0.05) is 37.1 Å². The Kier molecular flexibility index (Phi) is 7.26. The molecular weight excluding hydrogens is 467 g/mol. The highest BCUT2D eigenvalue weighted by Crippen LogP contribution is 2.34. The number of methoxy groups -OCH3 is 1. The molecule has 2 aromatic carbocycles. The number of hydrogen-bond acceptors (Lipinski definition) is 5. The Labute approximate surface area is 198 Å². The molecule has 0 aliphatic heterocycles. The summed E-state index contributed by atoms with van der Waals surface area (Å²) < 4.78 is 50.4. The molecule has 0 fully saturated rings. The Morgan fingerprint density at radius 2 is 1.85 bits per heavy atom. The number of nitrogens with zero attached hydrogens (tertiary/aromatic N) is 3. The van der Waals surface area contributed by atoms with Gasteiger partial charge in [0.05, 0.1) is 19.0 Å². The quantitative estimate of drug-likeness (QED) is 0.422. The van der Waals surface area contributed by atoms with Crippen molar-refractivity contribution in [3.8, 4) is 28.1 Å². The molecular formula is C23H24ClFN4O3S. The summed E-state index contributed by atoms with van der Waals surface area (Å²) in [6, 6.07) is 12.7. The second-order valence-electron chi connectivity index (χ2n) is 7.31. The first-order chi connectivity index (χ1) is 15.3. The summed E-state index contributed by atoms with van der Waals surface area (Å²) in [5, 5.41) is 7.16. The number of rotatable bonds is 7. The summed E-state index contributed by atoms with van der Waals surface area (Å²) in [6.07, 6.45) is 4.96. The Hall–Kier alpha value is -3.14. The van der Waals surface area contributed by atoms with E-state index >= 15 is 0 Å². The lowest BCUT2D eigenvalue weighted by molar-refractivity contribution is 0.402. The second-order valence-corrected chi connectivity index (χ2v) is 9.10. The molecule has 0 bridgehead atoms. The number of benzene rings is 2. The zero-order chi connectivity index (χ0) is 22.9. The third kappa shape index (κ3) is 4.66. The number of ether oxygens (including phenoxy) is 1. The lowest BCUT2D eigenvalue weighted by Gasteiger charge is -2.15. The van der Waals surface area contributed by atoms with Gasteiger partial charge < -0.3 is 10.1 Å². The molecule has 174 valence electrons. The van der Waals surface area contributed by atoms with Crippen LogP contribution in [0.2, 0.25) is 0 Å². The Morgan fingerprint density at radius 1 is 1.09 bits per heavy atom. The maximum Gasteiger partial charge on any atom is 0.271 e. The summed E-state index contributed by atoms with van der Waals surface area (Å²) in [7, 11) is 0.831. The molecule has 7 nitrogen and oxygen atoms in total. The van der Waals surface area contributed by atoms with Crippen molar-refractivity contribution < 1.29 is 17.5 Å². The lowest BCUT2D eigenvalue weighted by Crippen LogP contribution is -2.15. The van der Waals surface area contributed by atoms with Crippen molar-refractivity contribution in [1.29, 1.82) is 0 Å². The van der Waals surface area contributed by atoms with Crippen LogP contribution in [-0.4, -0.2) is 36.3 Å². The molecule has 4 rings (SSSR count). The van der Waals surface area contributed by atoms with E-state index in [2.05, 4.69) is 10.4 Å². The van der Waals surface area contributed by atoms with Crippen LogP contribution < -0.4 is 10.1 Å². The van der Waals surface area contributed by atoms with Gasteiger partial charge in [0.1, 0.15) is 16.5 Å². The van der Waals surface area contributed by atoms with E-state index in [4.69, 9.17) is 4.74 Å². The van der Waals surface area contributed by atoms with E-state index < -0.39 is 15.8 Å². The minimum atomic E-state index is -4.13. The van der Waals surface area contributed by atoms with Crippen LogP contribution in [0.3, 0.4) is 0 Å². The van der Waals surface area contributed by atoms with E-state index in [1.54, 1.807) is 73.6 Å². The molecule has 2 heterocycles. The SMILES string of the molecule is CNCc1cc(-c2ccccc2F)n(S(=O)(=O)c2cc(-c3cnn(C)c3)ccc2OC)c1.Cl. The van der Waals surface area contributed by atoms with Gasteiger partial charge in [0.25, 0.3) is 10.0 Å². The number of aromatic nitrogens is 3. The first-order valence-corrected chi connectivity index (χ1v) is 11.3. The topological polar surface area (TPSA) is 78.2 Å². The third-order valence-electron chi connectivity index (χ3n) is 5.11. The predicted molar refractivity (Wildman–Crippen MR) is 128 cm³/mol. The molecule has 2 aromatic heterocycles. The molecule has 0 radical (unpaired) electrons. The summed E-state index contributed by atoms with van der Waals surface area (Å²) >= 11 is 0. The Balaban J connectivity index is 0.00000306. The highest BCUT2D eigenvalue weighted by Gasteiger charge is 2.27. The van der Waals surface area contributed by atoms with E-state index in [0.717, 1.165) is 9.54 Å². The number of aryl methyl sites for hydroxylation is 1. The maximum atomic E-state index is 14.6. The molecule has 33 heavy (non-hydrogen) atoms. The van der Waals surface area contributed by atoms with Gasteiger partial charge in [-0.15, -0.1) is 12.4 Å². The largest absolute Gasteiger partial charge is 0.495 e. The highest BCUT2D eigenvalue weighted by atomic mass is 35.5. The van der Waals surface area contributed by atoms with E-state index in [9.17, 15) is 12.8 Å². The molecule has 4 aromatic rings. The molecule has 0 atom stereocenters. The van der Waals surface area contributed by atoms with Gasteiger partial charge in [-0.1, -0.05) is 18.2 Å². The molecule has 0 amide bonds. The zero-order valence-electron chi connectivity index (χ0n) is 18.3. The van der Waals surface area contributed by atoms with Crippen molar-refractivity contribution in [3.63, 3.8) is 0 Å². The smallest absolute Gasteiger partial charge is 0.271 e. The van der Waals surface area contributed by atoms with Crippen molar-refractivity contribution in [2.24, 2.45) is 7.05 Å². The van der Waals surface area contributed by atoms with E-state index in [1.165, 1.54) is 19.4 Å². The Morgan fingerprint density at radius 3 is 2.48 bits per heavy atom. The van der Waals surface area contributed by atoms with Crippen LogP contribution >= 0.6 is 12.4 Å². The third-order valence-corrected chi connectivity index (χ3v) is 6.81. The summed E-state index contributed by atoms with van der Waals surface area (Å²) in [5.41, 5.74) is 2.58. The summed E-state index contributed by atoms with van der Waals surface area (Å²) in [4.78, 5) is -0.0226. The molecule has 10 heteroatoms. The fourth-order valence-electron chi connectivity index (χ4n) is 3.60. The first kappa shape index (κ1) is 24.5. The average molecular weight is 491 g/mol. The van der Waals surface area contributed by atoms with Gasteiger partial charge in [0.2, 0.25) is 0 Å². The van der Waals surface area contributed by atoms with E-state index in [1.807, 2.05) is 0 Å². The van der Waals surface area contributed by atoms with Crippen LogP contribution in [0.15, 0.2) is 72.0 Å². The van der Waals surface area contributed by atoms with Crippen molar-refractivity contribution in [2.45, 2.75) is 11.4 Å². The van der Waals surface area contributed by atoms with Crippen LogP contribution in [0.5, 0.6) is 5.75 Å². The Bertz CT molecular complexity index is 1380. The summed E-state index contributed by atoms with van der Waals surface area (Å²) in [6.45, 7) is 0.427. The van der Waals surface area contributed by atoms with Gasteiger partial charge >= 0.3 is 0 Å². The normalized spacial score (nSPS) is 11.3. The van der Waals surface area contributed by atoms with Crippen molar-refractivity contribution >= 4 is 22.4 Å². The standard InChI is InChI=1S/C23H23FN4O3S.ClH/c1-25-12-16-10-21(19-6-4-5-7-20(19)24)28(14-16)32(29,30)23-11-17(8-9-22(23)31-3)18-13-26-27(2)15-18;/h4-11,13-15,25H,12H2,1-3H3;1H. The minimum Gasteiger partial charge on any atom is -0.495 e. The van der Waals surface area contributed by atoms with Gasteiger partial charge in [-0.25, -0.2) is 16.8 Å². The minimum absolute atomic E-state index is 0. The number of hydrogen-bond donors (Lipinski definition) is 1. The second kappa shape index (κ2) is 9.78. The fourth-order valence-corrected chi connectivity index (χ4v) is 5.17. The molecule has 0 saturated carbocycles. The van der Waals surface area contributed by atoms with Gasteiger partial charge in [-0.2, -0.15) is 5.10 Å². The molecule has 0 saturated heterocycles. The first-order valence-electron chi connectivity index (χ1n) is 9.88. The lowest BCUT2D eigenvalue weighted by atomic mass is 10.1. The van der Waals surface area contributed by atoms with Crippen molar-refractivity contribution in [3.05, 3.63) is 78.5 Å². The molecule has 0 spiro atoms. The average Bonchev–Trinajstić information content (AvgIpc) is 3.41. The number of halogens is 2. The van der Waals surface area contributed by atoms with Crippen LogP contribution in [-0.2, 0) is 23.6 Å². The van der Waals surface area contributed by atoms with Crippen LogP contribution in [0.1, 0.15) is 5.56 Å². The fraction of sp³-hybridized carbons (Fsp3) is 0.174. The predicted octanol–water partition coefficient (Wildman–Crippen LogP) is 4.08. The van der Waals surface area contributed by atoms with Crippen LogP contribution in [0, 0.1) is 5.82 Å². The van der Waals surface area contributed by atoms with Crippen molar-refractivity contribution in [1.82, 2.24) is 19.1 Å². The zero-order valence-corrected chi connectivity index (χ0v) is 20.0. The monoisotopic (exact) mass is 490 g/mol. The van der Waals surface area contributed by atoms with Gasteiger partial charge in [-0.3, -0.25) is 4.68 Å². The molecule has 0 unspecified atom stereocenters. The molecule has 0 aliphatic carbocycles. The van der Waals surface area contributed by atoms with Crippen LogP contribution in [0.25, 0.3) is 22.4 Å². The maximum absolute atomic E-state index is 14.6. The van der Waals surface area contributed by atoms with Gasteiger partial charge in [-0.05, 0) is 48.5 Å². The highest BCUT2D eigenvalue weighted by molar-refractivity contribution is 7.90. The van der Waals surface area contributed by atoms with Crippen LogP contribution in [0.4, 0.5) is 4.39 Å². The number of nitrogens with one attached hydrogen (secondary N) is 1. The summed E-state index contributed by atoms with van der Waals surface area (Å²) in [5.74, 6) is -0.310. The van der Waals surface area contributed by atoms with E-state index in [-0.39, 0.29) is 34.3 Å². The van der Waals surface area contributed by atoms with Crippen molar-refractivity contribution in [2.75, 3.05) is 14.2 Å².